The summed E-state index contributed by atoms with van der Waals surface area (Å²) in [5.41, 5.74) is 0. The Bertz CT molecular complexity index is 514. The van der Waals surface area contributed by atoms with Gasteiger partial charge in [0, 0.05) is 12.8 Å². The van der Waals surface area contributed by atoms with E-state index in [1.54, 1.807) is 0 Å². The number of aliphatic hydroxyl groups excluding tert-OH is 1. The molecule has 0 aromatic rings. The van der Waals surface area contributed by atoms with Crippen LogP contribution in [-0.4, -0.2) is 29.2 Å². The fraction of sp³-hybridized carbons (Fsp3) is 0.846. The fourth-order valence-corrected chi connectivity index (χ4v) is 4.97. The van der Waals surface area contributed by atoms with Crippen LogP contribution >= 0.6 is 0 Å². The van der Waals surface area contributed by atoms with Gasteiger partial charge in [-0.25, -0.2) is 0 Å². The molecule has 2 saturated heterocycles. The lowest BCUT2D eigenvalue weighted by atomic mass is 9.79. The van der Waals surface area contributed by atoms with E-state index in [0.29, 0.717) is 23.7 Å². The van der Waals surface area contributed by atoms with Crippen LogP contribution in [0.2, 0.25) is 0 Å². The summed E-state index contributed by atoms with van der Waals surface area (Å²) < 4.78 is 13.5. The molecule has 0 saturated carbocycles. The molecule has 0 aliphatic carbocycles. The summed E-state index contributed by atoms with van der Waals surface area (Å²) in [5.74, 6) is 1.82. The van der Waals surface area contributed by atoms with Gasteiger partial charge in [-0.3, -0.25) is 0 Å². The molecule has 0 bridgehead atoms. The average Bonchev–Trinajstić information content (AvgIpc) is 2.73. The molecule has 2 aliphatic heterocycles. The number of hydrogen-bond acceptors (Lipinski definition) is 3. The van der Waals surface area contributed by atoms with Crippen LogP contribution in [0.25, 0.3) is 0 Å². The SMILES string of the molecule is C=C[C@@H](C)CC[C@@H]1O[C@@]2(CC[C@H]1C)CC[C@H](C)[C@H]([C@H](C)CC[C@@H](O)[C@@H](C)C=C)O2. The molecule has 29 heavy (non-hydrogen) atoms. The lowest BCUT2D eigenvalue weighted by molar-refractivity contribution is -0.338. The van der Waals surface area contributed by atoms with Crippen LogP contribution < -0.4 is 0 Å². The lowest BCUT2D eigenvalue weighted by Crippen LogP contribution is -2.53. The second-order valence-corrected chi connectivity index (χ2v) is 10.2. The van der Waals surface area contributed by atoms with Gasteiger partial charge in [0.15, 0.2) is 5.79 Å². The van der Waals surface area contributed by atoms with Gasteiger partial charge in [-0.05, 0) is 68.1 Å². The van der Waals surface area contributed by atoms with Crippen LogP contribution in [0, 0.1) is 29.6 Å². The first kappa shape index (κ1) is 24.6. The normalized spacial score (nSPS) is 36.9. The molecule has 1 N–H and O–H groups in total. The standard InChI is InChI=1S/C26H46O3/c1-8-18(3)10-13-24-20(5)14-16-26(28-24)17-15-22(7)25(29-26)21(6)11-12-23(27)19(4)9-2/h8-9,18-25,27H,1-2,10-17H2,3-7H3/t18-,19+,20-,21-,22+,23-,24+,25+,26-/m1/s1. The number of aliphatic hydroxyl groups is 1. The van der Waals surface area contributed by atoms with E-state index < -0.39 is 5.79 Å². The number of rotatable bonds is 10. The predicted molar refractivity (Wildman–Crippen MR) is 122 cm³/mol. The first-order valence-corrected chi connectivity index (χ1v) is 12.0. The first-order chi connectivity index (χ1) is 13.7. The minimum Gasteiger partial charge on any atom is -0.393 e. The van der Waals surface area contributed by atoms with Crippen LogP contribution in [0.4, 0.5) is 0 Å². The van der Waals surface area contributed by atoms with E-state index in [-0.39, 0.29) is 24.2 Å². The Balaban J connectivity index is 1.97. The highest BCUT2D eigenvalue weighted by atomic mass is 16.7. The maximum absolute atomic E-state index is 10.3. The molecule has 2 fully saturated rings. The largest absolute Gasteiger partial charge is 0.393 e. The molecule has 0 amide bonds. The second kappa shape index (κ2) is 11.1. The quantitative estimate of drug-likeness (QED) is 0.420. The van der Waals surface area contributed by atoms with E-state index in [2.05, 4.69) is 40.9 Å². The summed E-state index contributed by atoms with van der Waals surface area (Å²) in [6.07, 6.45) is 12.4. The molecule has 0 radical (unpaired) electrons. The zero-order valence-corrected chi connectivity index (χ0v) is 19.6. The van der Waals surface area contributed by atoms with Crippen LogP contribution in [0.5, 0.6) is 0 Å². The van der Waals surface area contributed by atoms with E-state index in [9.17, 15) is 5.11 Å². The topological polar surface area (TPSA) is 38.7 Å². The van der Waals surface area contributed by atoms with Gasteiger partial charge in [-0.15, -0.1) is 13.2 Å². The van der Waals surface area contributed by atoms with Crippen molar-refractivity contribution in [3.8, 4) is 0 Å². The highest BCUT2D eigenvalue weighted by Gasteiger charge is 2.47. The van der Waals surface area contributed by atoms with Gasteiger partial charge in [0.2, 0.25) is 0 Å². The Labute approximate surface area is 179 Å². The zero-order chi connectivity index (χ0) is 21.6. The summed E-state index contributed by atoms with van der Waals surface area (Å²) in [4.78, 5) is 0. The molecule has 2 aliphatic rings. The Hall–Kier alpha value is -0.640. The summed E-state index contributed by atoms with van der Waals surface area (Å²) >= 11 is 0. The fourth-order valence-electron chi connectivity index (χ4n) is 4.97. The van der Waals surface area contributed by atoms with Gasteiger partial charge < -0.3 is 14.6 Å². The van der Waals surface area contributed by atoms with E-state index in [4.69, 9.17) is 9.47 Å². The molecule has 1 spiro atoms. The van der Waals surface area contributed by atoms with Crippen molar-refractivity contribution < 1.29 is 14.6 Å². The molecular formula is C26H46O3. The van der Waals surface area contributed by atoms with Crippen molar-refractivity contribution >= 4 is 0 Å². The van der Waals surface area contributed by atoms with Gasteiger partial charge in [0.05, 0.1) is 18.3 Å². The summed E-state index contributed by atoms with van der Waals surface area (Å²) in [6, 6.07) is 0. The molecule has 0 unspecified atom stereocenters. The summed E-state index contributed by atoms with van der Waals surface area (Å²) in [6.45, 7) is 18.9. The number of ether oxygens (including phenoxy) is 2. The third-order valence-corrected chi connectivity index (χ3v) is 7.64. The van der Waals surface area contributed by atoms with Crippen molar-refractivity contribution in [2.75, 3.05) is 0 Å². The van der Waals surface area contributed by atoms with Crippen molar-refractivity contribution in [3.05, 3.63) is 25.3 Å². The molecule has 9 atom stereocenters. The number of hydrogen-bond donors (Lipinski definition) is 1. The van der Waals surface area contributed by atoms with Gasteiger partial charge in [-0.1, -0.05) is 46.8 Å². The molecular weight excluding hydrogens is 360 g/mol. The third-order valence-electron chi connectivity index (χ3n) is 7.64. The summed E-state index contributed by atoms with van der Waals surface area (Å²) in [7, 11) is 0. The van der Waals surface area contributed by atoms with Gasteiger partial charge >= 0.3 is 0 Å². The number of allylic oxidation sites excluding steroid dienone is 1. The predicted octanol–water partition coefficient (Wildman–Crippen LogP) is 6.51. The van der Waals surface area contributed by atoms with Crippen LogP contribution in [0.3, 0.4) is 0 Å². The molecule has 2 heterocycles. The highest BCUT2D eigenvalue weighted by molar-refractivity contribution is 4.91. The smallest absolute Gasteiger partial charge is 0.169 e. The van der Waals surface area contributed by atoms with Crippen LogP contribution in [0.15, 0.2) is 25.3 Å². The van der Waals surface area contributed by atoms with E-state index in [0.717, 1.165) is 44.9 Å². The van der Waals surface area contributed by atoms with Crippen molar-refractivity contribution in [2.45, 2.75) is 110 Å². The van der Waals surface area contributed by atoms with Gasteiger partial charge in [0.1, 0.15) is 0 Å². The zero-order valence-electron chi connectivity index (χ0n) is 19.6. The Morgan fingerprint density at radius 2 is 1.62 bits per heavy atom. The Morgan fingerprint density at radius 3 is 2.24 bits per heavy atom. The third kappa shape index (κ3) is 6.67. The summed E-state index contributed by atoms with van der Waals surface area (Å²) in [5, 5.41) is 10.3. The Kier molecular flexibility index (Phi) is 9.44. The van der Waals surface area contributed by atoms with E-state index in [1.165, 1.54) is 6.42 Å². The molecule has 168 valence electrons. The van der Waals surface area contributed by atoms with Crippen LogP contribution in [-0.2, 0) is 9.47 Å². The van der Waals surface area contributed by atoms with Crippen molar-refractivity contribution in [1.29, 1.82) is 0 Å². The van der Waals surface area contributed by atoms with Crippen molar-refractivity contribution in [2.24, 2.45) is 29.6 Å². The first-order valence-electron chi connectivity index (χ1n) is 12.0. The molecule has 3 heteroatoms. The molecule has 0 aromatic carbocycles. The molecule has 3 nitrogen and oxygen atoms in total. The second-order valence-electron chi connectivity index (χ2n) is 10.2. The van der Waals surface area contributed by atoms with Gasteiger partial charge in [-0.2, -0.15) is 0 Å². The average molecular weight is 407 g/mol. The maximum atomic E-state index is 10.3. The molecule has 0 aromatic heterocycles. The lowest BCUT2D eigenvalue weighted by Gasteiger charge is -2.51. The van der Waals surface area contributed by atoms with E-state index >= 15 is 0 Å². The van der Waals surface area contributed by atoms with Crippen molar-refractivity contribution in [3.63, 3.8) is 0 Å². The molecule has 2 rings (SSSR count). The van der Waals surface area contributed by atoms with Gasteiger partial charge in [0.25, 0.3) is 0 Å². The maximum Gasteiger partial charge on any atom is 0.169 e. The highest BCUT2D eigenvalue weighted by Crippen LogP contribution is 2.45. The minimum atomic E-state index is -0.396. The van der Waals surface area contributed by atoms with E-state index in [1.807, 2.05) is 19.1 Å². The minimum absolute atomic E-state index is 0.139. The van der Waals surface area contributed by atoms with Crippen LogP contribution in [0.1, 0.15) is 86.0 Å². The van der Waals surface area contributed by atoms with Crippen molar-refractivity contribution in [1.82, 2.24) is 0 Å². The monoisotopic (exact) mass is 406 g/mol. The Morgan fingerprint density at radius 1 is 0.966 bits per heavy atom.